The summed E-state index contributed by atoms with van der Waals surface area (Å²) in [5.41, 5.74) is 0.421. The highest BCUT2D eigenvalue weighted by atomic mass is 16.5. The van der Waals surface area contributed by atoms with Gasteiger partial charge in [0.25, 0.3) is 0 Å². The maximum absolute atomic E-state index is 6.17. The van der Waals surface area contributed by atoms with Crippen molar-refractivity contribution in [1.82, 2.24) is 0 Å². The van der Waals surface area contributed by atoms with Gasteiger partial charge >= 0.3 is 0 Å². The third kappa shape index (κ3) is 2.25. The fourth-order valence-corrected chi connectivity index (χ4v) is 1.90. The van der Waals surface area contributed by atoms with E-state index in [1.54, 1.807) is 0 Å². The van der Waals surface area contributed by atoms with Crippen LogP contribution in [0.5, 0.6) is 0 Å². The molecule has 13 heavy (non-hydrogen) atoms. The monoisotopic (exact) mass is 184 g/mol. The molecule has 2 unspecified atom stereocenters. The Labute approximate surface area is 82.9 Å². The van der Waals surface area contributed by atoms with Gasteiger partial charge < -0.3 is 4.74 Å². The van der Waals surface area contributed by atoms with Crippen molar-refractivity contribution in [1.29, 1.82) is 0 Å². The van der Waals surface area contributed by atoms with Crippen molar-refractivity contribution >= 4 is 0 Å². The Morgan fingerprint density at radius 3 is 2.08 bits per heavy atom. The van der Waals surface area contributed by atoms with Crippen LogP contribution in [-0.4, -0.2) is 11.7 Å². The Balaban J connectivity index is 2.64. The predicted octanol–water partition coefficient (Wildman–Crippen LogP) is 3.63. The van der Waals surface area contributed by atoms with E-state index in [1.807, 2.05) is 0 Å². The van der Waals surface area contributed by atoms with Gasteiger partial charge in [-0.1, -0.05) is 34.6 Å². The molecule has 1 fully saturated rings. The van der Waals surface area contributed by atoms with Crippen molar-refractivity contribution in [3.63, 3.8) is 0 Å². The zero-order chi connectivity index (χ0) is 10.3. The fraction of sp³-hybridized carbons (Fsp3) is 1.00. The summed E-state index contributed by atoms with van der Waals surface area (Å²) in [6.07, 6.45) is 2.88. The lowest BCUT2D eigenvalue weighted by Crippen LogP contribution is -2.35. The summed E-state index contributed by atoms with van der Waals surface area (Å²) in [6.45, 7) is 13.6. The molecule has 1 heterocycles. The highest BCUT2D eigenvalue weighted by molar-refractivity contribution is 4.91. The van der Waals surface area contributed by atoms with Gasteiger partial charge in [0.1, 0.15) is 0 Å². The summed E-state index contributed by atoms with van der Waals surface area (Å²) in [4.78, 5) is 0. The molecule has 2 atom stereocenters. The molecule has 1 nitrogen and oxygen atoms in total. The molecule has 0 amide bonds. The van der Waals surface area contributed by atoms with Crippen LogP contribution in [-0.2, 0) is 4.74 Å². The van der Waals surface area contributed by atoms with E-state index in [2.05, 4.69) is 41.5 Å². The molecule has 0 N–H and O–H groups in total. The molecule has 0 bridgehead atoms. The second-order valence-corrected chi connectivity index (χ2v) is 5.98. The second kappa shape index (κ2) is 3.27. The van der Waals surface area contributed by atoms with Crippen LogP contribution in [0.4, 0.5) is 0 Å². The minimum atomic E-state index is 0.123. The van der Waals surface area contributed by atoms with Gasteiger partial charge in [-0.15, -0.1) is 0 Å². The first-order valence-electron chi connectivity index (χ1n) is 5.43. The van der Waals surface area contributed by atoms with Gasteiger partial charge in [0.2, 0.25) is 0 Å². The van der Waals surface area contributed by atoms with Crippen LogP contribution < -0.4 is 0 Å². The molecule has 0 aromatic rings. The molecule has 0 saturated carbocycles. The normalized spacial score (nSPS) is 35.8. The number of ether oxygens (including phenoxy) is 1. The van der Waals surface area contributed by atoms with E-state index in [0.717, 1.165) is 0 Å². The van der Waals surface area contributed by atoms with Gasteiger partial charge in [-0.3, -0.25) is 0 Å². The fourth-order valence-electron chi connectivity index (χ4n) is 1.90. The zero-order valence-electron chi connectivity index (χ0n) is 9.98. The van der Waals surface area contributed by atoms with Crippen LogP contribution in [0.3, 0.4) is 0 Å². The van der Waals surface area contributed by atoms with Gasteiger partial charge in [-0.05, 0) is 31.1 Å². The summed E-state index contributed by atoms with van der Waals surface area (Å²) in [5, 5.41) is 0. The van der Waals surface area contributed by atoms with E-state index in [1.165, 1.54) is 12.8 Å². The highest BCUT2D eigenvalue weighted by Gasteiger charge is 2.42. The molecule has 1 aliphatic rings. The molecule has 0 aromatic heterocycles. The smallest absolute Gasteiger partial charge is 0.0682 e. The summed E-state index contributed by atoms with van der Waals surface area (Å²) in [6, 6.07) is 0. The molecule has 0 aliphatic carbocycles. The van der Waals surface area contributed by atoms with Gasteiger partial charge in [0, 0.05) is 0 Å². The summed E-state index contributed by atoms with van der Waals surface area (Å²) >= 11 is 0. The first kappa shape index (κ1) is 11.0. The minimum Gasteiger partial charge on any atom is -0.371 e. The molecule has 1 aliphatic heterocycles. The van der Waals surface area contributed by atoms with Gasteiger partial charge in [-0.2, -0.15) is 0 Å². The number of hydrogen-bond acceptors (Lipinski definition) is 1. The third-order valence-corrected chi connectivity index (χ3v) is 3.50. The van der Waals surface area contributed by atoms with Crippen molar-refractivity contribution in [3.8, 4) is 0 Å². The molecule has 1 saturated heterocycles. The van der Waals surface area contributed by atoms with Crippen LogP contribution in [0, 0.1) is 11.3 Å². The van der Waals surface area contributed by atoms with E-state index >= 15 is 0 Å². The van der Waals surface area contributed by atoms with E-state index in [-0.39, 0.29) is 5.60 Å². The van der Waals surface area contributed by atoms with Crippen LogP contribution in [0.25, 0.3) is 0 Å². The predicted molar refractivity (Wildman–Crippen MR) is 56.8 cm³/mol. The Morgan fingerprint density at radius 2 is 1.85 bits per heavy atom. The third-order valence-electron chi connectivity index (χ3n) is 3.50. The maximum Gasteiger partial charge on any atom is 0.0682 e. The van der Waals surface area contributed by atoms with Crippen molar-refractivity contribution in [3.05, 3.63) is 0 Å². The zero-order valence-corrected chi connectivity index (χ0v) is 9.98. The van der Waals surface area contributed by atoms with Gasteiger partial charge in [0.05, 0.1) is 11.7 Å². The largest absolute Gasteiger partial charge is 0.371 e. The van der Waals surface area contributed by atoms with Gasteiger partial charge in [0.15, 0.2) is 0 Å². The molecule has 0 spiro atoms. The van der Waals surface area contributed by atoms with E-state index in [9.17, 15) is 0 Å². The Hall–Kier alpha value is -0.0400. The molecule has 1 heteroatoms. The standard InChI is InChI=1S/C12H24O/c1-9(2)12(6)8-7-10(13-12)11(3,4)5/h9-10H,7-8H2,1-6H3. The summed E-state index contributed by atoms with van der Waals surface area (Å²) in [7, 11) is 0. The maximum atomic E-state index is 6.17. The lowest BCUT2D eigenvalue weighted by molar-refractivity contribution is -0.0930. The topological polar surface area (TPSA) is 9.23 Å². The van der Waals surface area contributed by atoms with Crippen molar-refractivity contribution in [2.24, 2.45) is 11.3 Å². The summed E-state index contributed by atoms with van der Waals surface area (Å²) in [5.74, 6) is 0.625. The number of hydrogen-bond donors (Lipinski definition) is 0. The molecule has 1 rings (SSSR count). The lowest BCUT2D eigenvalue weighted by Gasteiger charge is -2.33. The SMILES string of the molecule is CC(C)C1(C)CCC(C(C)(C)C)O1. The Kier molecular flexibility index (Phi) is 2.78. The van der Waals surface area contributed by atoms with Crippen LogP contribution in [0.2, 0.25) is 0 Å². The average Bonchev–Trinajstić information content (AvgIpc) is 2.31. The summed E-state index contributed by atoms with van der Waals surface area (Å²) < 4.78 is 6.17. The second-order valence-electron chi connectivity index (χ2n) is 5.98. The van der Waals surface area contributed by atoms with E-state index in [0.29, 0.717) is 17.4 Å². The average molecular weight is 184 g/mol. The molecule has 0 aromatic carbocycles. The Bertz CT molecular complexity index is 178. The van der Waals surface area contributed by atoms with Crippen molar-refractivity contribution in [2.45, 2.75) is 66.1 Å². The van der Waals surface area contributed by atoms with Crippen LogP contribution in [0.1, 0.15) is 54.4 Å². The van der Waals surface area contributed by atoms with Crippen molar-refractivity contribution < 1.29 is 4.74 Å². The molecule has 78 valence electrons. The van der Waals surface area contributed by atoms with Crippen LogP contribution >= 0.6 is 0 Å². The minimum absolute atomic E-state index is 0.123. The first-order chi connectivity index (χ1) is 5.76. The van der Waals surface area contributed by atoms with Crippen molar-refractivity contribution in [2.75, 3.05) is 0 Å². The first-order valence-corrected chi connectivity index (χ1v) is 5.43. The number of rotatable bonds is 1. The van der Waals surface area contributed by atoms with E-state index < -0.39 is 0 Å². The lowest BCUT2D eigenvalue weighted by atomic mass is 9.86. The van der Waals surface area contributed by atoms with Crippen LogP contribution in [0.15, 0.2) is 0 Å². The highest BCUT2D eigenvalue weighted by Crippen LogP contribution is 2.42. The Morgan fingerprint density at radius 1 is 1.31 bits per heavy atom. The van der Waals surface area contributed by atoms with E-state index in [4.69, 9.17) is 4.74 Å². The molecular weight excluding hydrogens is 160 g/mol. The quantitative estimate of drug-likeness (QED) is 0.604. The molecule has 0 radical (unpaired) electrons. The van der Waals surface area contributed by atoms with Gasteiger partial charge in [-0.25, -0.2) is 0 Å². The molecular formula is C12H24O.